The summed E-state index contributed by atoms with van der Waals surface area (Å²) in [5.74, 6) is -1.49. The average molecular weight is 553 g/mol. The number of benzene rings is 2. The Morgan fingerprint density at radius 3 is 2.26 bits per heavy atom. The Morgan fingerprint density at radius 1 is 1.03 bits per heavy atom. The van der Waals surface area contributed by atoms with Gasteiger partial charge >= 0.3 is 0 Å². The molecule has 0 radical (unpaired) electrons. The summed E-state index contributed by atoms with van der Waals surface area (Å²) in [5.41, 5.74) is 0.839. The number of methoxy groups -OCH3 is 2. The van der Waals surface area contributed by atoms with E-state index in [1.165, 1.54) is 32.4 Å². The number of nitrogens with zero attached hydrogens (tertiary/aromatic N) is 2. The number of piperazine rings is 1. The van der Waals surface area contributed by atoms with Crippen LogP contribution >= 0.6 is 0 Å². The van der Waals surface area contributed by atoms with Crippen molar-refractivity contribution in [2.75, 3.05) is 27.3 Å². The zero-order valence-corrected chi connectivity index (χ0v) is 22.8. The highest BCUT2D eigenvalue weighted by atomic mass is 32.2. The van der Waals surface area contributed by atoms with Gasteiger partial charge in [-0.3, -0.25) is 18.7 Å². The van der Waals surface area contributed by atoms with E-state index in [4.69, 9.17) is 18.5 Å². The van der Waals surface area contributed by atoms with Gasteiger partial charge in [0.15, 0.2) is 6.79 Å². The van der Waals surface area contributed by atoms with E-state index in [0.29, 0.717) is 17.2 Å². The minimum atomic E-state index is -4.14. The van der Waals surface area contributed by atoms with Crippen LogP contribution in [-0.2, 0) is 40.0 Å². The lowest BCUT2D eigenvalue weighted by Crippen LogP contribution is -2.66. The Morgan fingerprint density at radius 2 is 1.71 bits per heavy atom. The Hall–Kier alpha value is -2.90. The molecule has 10 nitrogen and oxygen atoms in total. The van der Waals surface area contributed by atoms with Gasteiger partial charge in [0.2, 0.25) is 0 Å². The number of imide groups is 1. The highest BCUT2D eigenvalue weighted by molar-refractivity contribution is 7.86. The fourth-order valence-electron chi connectivity index (χ4n) is 4.37. The third-order valence-corrected chi connectivity index (χ3v) is 6.51. The summed E-state index contributed by atoms with van der Waals surface area (Å²) in [6.07, 6.45) is -0.320. The summed E-state index contributed by atoms with van der Waals surface area (Å²) >= 11 is 0. The number of amides is 2. The van der Waals surface area contributed by atoms with E-state index in [1.54, 1.807) is 29.2 Å². The van der Waals surface area contributed by atoms with E-state index in [1.807, 2.05) is 13.8 Å². The number of hydrogen-bond acceptors (Lipinski definition) is 9. The van der Waals surface area contributed by atoms with Crippen LogP contribution < -0.4 is 4.74 Å². The van der Waals surface area contributed by atoms with Gasteiger partial charge in [-0.2, -0.15) is 8.42 Å². The molecule has 38 heavy (non-hydrogen) atoms. The van der Waals surface area contributed by atoms with Crippen molar-refractivity contribution in [2.45, 2.75) is 45.0 Å². The molecule has 1 aliphatic heterocycles. The first-order valence-electron chi connectivity index (χ1n) is 12.0. The van der Waals surface area contributed by atoms with Gasteiger partial charge in [-0.15, -0.1) is 5.06 Å². The zero-order valence-electron chi connectivity index (χ0n) is 22.0. The van der Waals surface area contributed by atoms with E-state index in [2.05, 4.69) is 0 Å². The molecule has 12 heteroatoms. The van der Waals surface area contributed by atoms with E-state index >= 15 is 0 Å². The predicted octanol–water partition coefficient (Wildman–Crippen LogP) is 3.04. The summed E-state index contributed by atoms with van der Waals surface area (Å²) in [6, 6.07) is 9.91. The van der Waals surface area contributed by atoms with Crippen molar-refractivity contribution in [1.82, 2.24) is 9.96 Å². The number of hydrogen-bond donors (Lipinski definition) is 0. The first kappa shape index (κ1) is 29.7. The molecule has 2 aromatic carbocycles. The first-order chi connectivity index (χ1) is 17.9. The first-order valence-corrected chi connectivity index (χ1v) is 13.8. The van der Waals surface area contributed by atoms with Gasteiger partial charge in [0.25, 0.3) is 21.9 Å². The van der Waals surface area contributed by atoms with Crippen LogP contribution in [0, 0.1) is 11.7 Å². The second-order valence-electron chi connectivity index (χ2n) is 9.39. The zero-order chi connectivity index (χ0) is 28.0. The fourth-order valence-corrected chi connectivity index (χ4v) is 4.97. The number of rotatable bonds is 12. The van der Waals surface area contributed by atoms with Crippen LogP contribution in [0.2, 0.25) is 0 Å². The van der Waals surface area contributed by atoms with Crippen molar-refractivity contribution in [3.8, 4) is 5.75 Å². The van der Waals surface area contributed by atoms with Crippen molar-refractivity contribution in [3.05, 3.63) is 65.5 Å². The minimum absolute atomic E-state index is 0.0175. The third kappa shape index (κ3) is 7.35. The Balaban J connectivity index is 2.19. The molecule has 0 aromatic heterocycles. The van der Waals surface area contributed by atoms with Crippen LogP contribution in [0.3, 0.4) is 0 Å². The van der Waals surface area contributed by atoms with Crippen LogP contribution in [0.1, 0.15) is 37.5 Å². The molecule has 3 atom stereocenters. The van der Waals surface area contributed by atoms with Gasteiger partial charge in [0.05, 0.1) is 19.4 Å². The van der Waals surface area contributed by atoms with Crippen LogP contribution in [-0.4, -0.2) is 69.5 Å². The average Bonchev–Trinajstić information content (AvgIpc) is 2.85. The van der Waals surface area contributed by atoms with Crippen molar-refractivity contribution >= 4 is 21.9 Å². The topological polar surface area (TPSA) is 112 Å². The van der Waals surface area contributed by atoms with Gasteiger partial charge < -0.3 is 9.47 Å². The normalized spacial score (nSPS) is 19.7. The molecule has 1 aliphatic rings. The molecule has 208 valence electrons. The van der Waals surface area contributed by atoms with E-state index < -0.39 is 52.7 Å². The quantitative estimate of drug-likeness (QED) is 0.223. The highest BCUT2D eigenvalue weighted by Gasteiger charge is 2.52. The van der Waals surface area contributed by atoms with Gasteiger partial charge in [0, 0.05) is 13.7 Å². The third-order valence-electron chi connectivity index (χ3n) is 5.96. The Bertz CT molecular complexity index is 1220. The maximum atomic E-state index is 14.3. The van der Waals surface area contributed by atoms with E-state index in [9.17, 15) is 22.4 Å². The maximum absolute atomic E-state index is 14.3. The van der Waals surface area contributed by atoms with Crippen LogP contribution in [0.4, 0.5) is 4.39 Å². The Labute approximate surface area is 222 Å². The van der Waals surface area contributed by atoms with Crippen molar-refractivity contribution in [3.63, 3.8) is 0 Å². The minimum Gasteiger partial charge on any atom is -0.497 e. The Kier molecular flexibility index (Phi) is 9.96. The second kappa shape index (κ2) is 12.8. The SMILES string of the molecule is COCON1C(=O)[C@H]([C@H](OS(C)(=O)=O)c2cccc(F)c2)N(Cc2ccc(OC)cc2)[C@@H](CC(C)C)C1=O. The maximum Gasteiger partial charge on any atom is 0.274 e. The molecule has 0 N–H and O–H groups in total. The van der Waals surface area contributed by atoms with Crippen molar-refractivity contribution in [2.24, 2.45) is 5.92 Å². The van der Waals surface area contributed by atoms with Gasteiger partial charge in [-0.25, -0.2) is 9.23 Å². The number of hydroxylamine groups is 2. The molecule has 2 amide bonds. The smallest absolute Gasteiger partial charge is 0.274 e. The molecule has 1 heterocycles. The second-order valence-corrected chi connectivity index (χ2v) is 11.0. The molecule has 1 saturated heterocycles. The number of ether oxygens (including phenoxy) is 2. The molecule has 3 rings (SSSR count). The molecule has 0 spiro atoms. The van der Waals surface area contributed by atoms with Crippen LogP contribution in [0.25, 0.3) is 0 Å². The lowest BCUT2D eigenvalue weighted by molar-refractivity contribution is -0.237. The molecule has 0 bridgehead atoms. The molecule has 2 aromatic rings. The van der Waals surface area contributed by atoms with Gasteiger partial charge in [-0.05, 0) is 47.7 Å². The lowest BCUT2D eigenvalue weighted by Gasteiger charge is -2.46. The number of carbonyl (C=O) groups is 2. The molecular weight excluding hydrogens is 519 g/mol. The number of carbonyl (C=O) groups excluding carboxylic acids is 2. The predicted molar refractivity (Wildman–Crippen MR) is 135 cm³/mol. The van der Waals surface area contributed by atoms with E-state index in [0.717, 1.165) is 17.9 Å². The summed E-state index contributed by atoms with van der Waals surface area (Å²) in [6.45, 7) is 3.53. The fraction of sp³-hybridized carbons (Fsp3) is 0.462. The molecule has 0 unspecified atom stereocenters. The standard InChI is InChI=1S/C26H33FN2O8S/c1-17(2)13-22-25(30)29(36-16-34-3)26(31)23(28(22)15-18-9-11-21(35-4)12-10-18)24(37-38(5,32)33)19-7-6-8-20(27)14-19/h6-12,14,17,22-24H,13,15-16H2,1-5H3/t22-,23-,24+/m0/s1. The summed E-state index contributed by atoms with van der Waals surface area (Å²) in [7, 11) is -1.27. The van der Waals surface area contributed by atoms with Crippen LogP contribution in [0.15, 0.2) is 48.5 Å². The van der Waals surface area contributed by atoms with Gasteiger partial charge in [0.1, 0.15) is 23.7 Å². The summed E-state index contributed by atoms with van der Waals surface area (Å²) in [4.78, 5) is 34.4. The van der Waals surface area contributed by atoms with Gasteiger partial charge in [-0.1, -0.05) is 38.1 Å². The highest BCUT2D eigenvalue weighted by Crippen LogP contribution is 2.36. The molecule has 0 aliphatic carbocycles. The van der Waals surface area contributed by atoms with Crippen molar-refractivity contribution in [1.29, 1.82) is 0 Å². The molecule has 1 fully saturated rings. The summed E-state index contributed by atoms with van der Waals surface area (Å²) in [5, 5.41) is 0.601. The largest absolute Gasteiger partial charge is 0.497 e. The number of halogens is 1. The summed E-state index contributed by atoms with van der Waals surface area (Å²) < 4.78 is 54.6. The molecule has 0 saturated carbocycles. The molecular formula is C26H33FN2O8S. The van der Waals surface area contributed by atoms with Crippen molar-refractivity contribution < 1.29 is 40.9 Å². The monoisotopic (exact) mass is 552 g/mol. The van der Waals surface area contributed by atoms with E-state index in [-0.39, 0.29) is 18.0 Å². The lowest BCUT2D eigenvalue weighted by atomic mass is 9.91. The van der Waals surface area contributed by atoms with Crippen LogP contribution in [0.5, 0.6) is 5.75 Å².